The predicted octanol–water partition coefficient (Wildman–Crippen LogP) is 5.56. The first kappa shape index (κ1) is 25.2. The van der Waals surface area contributed by atoms with Gasteiger partial charge in [-0.1, -0.05) is 53.0 Å². The Balaban J connectivity index is 1.57. The number of carbonyl (C=O) groups excluding carboxylic acids is 2. The fourth-order valence-electron chi connectivity index (χ4n) is 4.15. The minimum Gasteiger partial charge on any atom is -0.462 e. The van der Waals surface area contributed by atoms with E-state index in [4.69, 9.17) is 44.3 Å². The van der Waals surface area contributed by atoms with Crippen molar-refractivity contribution in [1.29, 1.82) is 0 Å². The fraction of sp³-hybridized carbons (Fsp3) is 0.565. The third kappa shape index (κ3) is 7.55. The second-order valence-electron chi connectivity index (χ2n) is 8.29. The van der Waals surface area contributed by atoms with Crippen LogP contribution in [-0.2, 0) is 14.3 Å². The number of nitrogens with one attached hydrogen (secondary N) is 2. The Labute approximate surface area is 203 Å². The molecule has 9 heteroatoms. The summed E-state index contributed by atoms with van der Waals surface area (Å²) in [5, 5.41) is 4.18. The summed E-state index contributed by atoms with van der Waals surface area (Å²) in [4.78, 5) is 28.3. The average molecular weight is 504 g/mol. The minimum absolute atomic E-state index is 0.128. The lowest BCUT2D eigenvalue weighted by atomic mass is 9.89. The van der Waals surface area contributed by atoms with Gasteiger partial charge in [0.2, 0.25) is 0 Å². The van der Waals surface area contributed by atoms with Gasteiger partial charge in [-0.2, -0.15) is 0 Å². The molecule has 32 heavy (non-hydrogen) atoms. The first-order chi connectivity index (χ1) is 15.2. The highest BCUT2D eigenvalue weighted by molar-refractivity contribution is 6.67. The molecule has 1 saturated heterocycles. The van der Waals surface area contributed by atoms with Gasteiger partial charge in [-0.3, -0.25) is 4.79 Å². The number of ether oxygens (including phenoxy) is 2. The Hall–Kier alpha value is -1.47. The van der Waals surface area contributed by atoms with Crippen molar-refractivity contribution in [3.8, 4) is 0 Å². The number of esters is 2. The summed E-state index contributed by atoms with van der Waals surface area (Å²) < 4.78 is 9.85. The zero-order valence-corrected chi connectivity index (χ0v) is 20.3. The van der Waals surface area contributed by atoms with Crippen molar-refractivity contribution in [3.05, 3.63) is 36.0 Å². The van der Waals surface area contributed by atoms with Crippen LogP contribution in [0, 0.1) is 5.92 Å². The summed E-state index contributed by atoms with van der Waals surface area (Å²) in [6, 6.07) is 7.63. The molecule has 1 aromatic heterocycles. The van der Waals surface area contributed by atoms with E-state index in [2.05, 4.69) is 10.3 Å². The number of para-hydroxylation sites is 1. The first-order valence-electron chi connectivity index (χ1n) is 11.0. The summed E-state index contributed by atoms with van der Waals surface area (Å²) in [6.07, 6.45) is 4.28. The van der Waals surface area contributed by atoms with Crippen molar-refractivity contribution in [2.24, 2.45) is 5.92 Å². The summed E-state index contributed by atoms with van der Waals surface area (Å²) in [7, 11) is 0. The molecule has 2 heterocycles. The Kier molecular flexibility index (Phi) is 9.12. The number of carbonyl (C=O) groups is 2. The van der Waals surface area contributed by atoms with Crippen LogP contribution in [0.2, 0.25) is 0 Å². The van der Waals surface area contributed by atoms with Gasteiger partial charge in [-0.05, 0) is 57.7 Å². The molecule has 0 aliphatic carbocycles. The molecule has 2 atom stereocenters. The summed E-state index contributed by atoms with van der Waals surface area (Å²) >= 11 is 17.3. The second kappa shape index (κ2) is 11.6. The number of rotatable bonds is 9. The molecule has 6 nitrogen and oxygen atoms in total. The van der Waals surface area contributed by atoms with Crippen molar-refractivity contribution in [1.82, 2.24) is 10.3 Å². The number of H-pyrrole nitrogens is 1. The highest BCUT2D eigenvalue weighted by atomic mass is 35.6. The lowest BCUT2D eigenvalue weighted by molar-refractivity contribution is -0.148. The van der Waals surface area contributed by atoms with E-state index >= 15 is 0 Å². The predicted molar refractivity (Wildman–Crippen MR) is 127 cm³/mol. The maximum absolute atomic E-state index is 13.0. The number of benzene rings is 1. The highest BCUT2D eigenvalue weighted by Crippen LogP contribution is 2.32. The van der Waals surface area contributed by atoms with Gasteiger partial charge in [-0.15, -0.1) is 0 Å². The van der Waals surface area contributed by atoms with E-state index in [0.717, 1.165) is 36.8 Å². The molecule has 176 valence electrons. The molecule has 1 aliphatic heterocycles. The molecule has 0 saturated carbocycles. The van der Waals surface area contributed by atoms with Crippen LogP contribution in [0.15, 0.2) is 30.5 Å². The molecule has 0 amide bonds. The zero-order chi connectivity index (χ0) is 23.1. The molecular weight excluding hydrogens is 475 g/mol. The van der Waals surface area contributed by atoms with Gasteiger partial charge in [0.25, 0.3) is 0 Å². The van der Waals surface area contributed by atoms with E-state index in [-0.39, 0.29) is 36.8 Å². The van der Waals surface area contributed by atoms with Crippen LogP contribution in [0.3, 0.4) is 0 Å². The van der Waals surface area contributed by atoms with E-state index in [1.807, 2.05) is 24.3 Å². The Morgan fingerprint density at radius 2 is 1.88 bits per heavy atom. The molecule has 1 fully saturated rings. The maximum Gasteiger partial charge on any atom is 0.340 e. The lowest BCUT2D eigenvalue weighted by Crippen LogP contribution is -2.36. The van der Waals surface area contributed by atoms with E-state index in [1.165, 1.54) is 0 Å². The standard InChI is InChI=1S/C23H29Cl3N2O4/c1-15(13-23(24,25)26)31-21(29)8-4-7-20(16-9-11-27-12-10-16)32-22(30)18-14-28-19-6-3-2-5-17(18)19/h2-3,5-6,14-16,20,27-28H,4,7-13H2,1H3. The molecule has 2 aromatic rings. The van der Waals surface area contributed by atoms with Crippen molar-refractivity contribution in [2.75, 3.05) is 13.1 Å². The van der Waals surface area contributed by atoms with Crippen molar-refractivity contribution >= 4 is 57.6 Å². The van der Waals surface area contributed by atoms with Crippen LogP contribution in [0.4, 0.5) is 0 Å². The third-order valence-electron chi connectivity index (χ3n) is 5.70. The third-order valence-corrected chi connectivity index (χ3v) is 6.16. The van der Waals surface area contributed by atoms with E-state index in [0.29, 0.717) is 18.4 Å². The molecule has 3 rings (SSSR count). The number of fused-ring (bicyclic) bond motifs is 1. The number of hydrogen-bond donors (Lipinski definition) is 2. The number of halogens is 3. The average Bonchev–Trinajstić information content (AvgIpc) is 3.16. The van der Waals surface area contributed by atoms with Gasteiger partial charge in [0, 0.05) is 29.9 Å². The van der Waals surface area contributed by atoms with Gasteiger partial charge in [0.1, 0.15) is 12.2 Å². The molecular formula is C23H29Cl3N2O4. The van der Waals surface area contributed by atoms with E-state index in [9.17, 15) is 9.59 Å². The van der Waals surface area contributed by atoms with E-state index < -0.39 is 9.90 Å². The van der Waals surface area contributed by atoms with Crippen LogP contribution in [0.5, 0.6) is 0 Å². The quantitative estimate of drug-likeness (QED) is 0.346. The van der Waals surface area contributed by atoms with Crippen LogP contribution in [0.1, 0.15) is 55.8 Å². The van der Waals surface area contributed by atoms with Crippen molar-refractivity contribution in [2.45, 2.75) is 61.4 Å². The van der Waals surface area contributed by atoms with Gasteiger partial charge in [-0.25, -0.2) is 4.79 Å². The summed E-state index contributed by atoms with van der Waals surface area (Å²) in [6.45, 7) is 3.48. The van der Waals surface area contributed by atoms with Crippen LogP contribution < -0.4 is 5.32 Å². The van der Waals surface area contributed by atoms with Gasteiger partial charge in [0.05, 0.1) is 5.56 Å². The Morgan fingerprint density at radius 1 is 1.16 bits per heavy atom. The molecule has 0 spiro atoms. The second-order valence-corrected chi connectivity index (χ2v) is 10.8. The van der Waals surface area contributed by atoms with Gasteiger partial charge >= 0.3 is 11.9 Å². The minimum atomic E-state index is -1.46. The van der Waals surface area contributed by atoms with Crippen LogP contribution in [-0.4, -0.2) is 46.0 Å². The molecule has 1 aromatic carbocycles. The SMILES string of the molecule is CC(CC(Cl)(Cl)Cl)OC(=O)CCCC(OC(=O)c1c[nH]c2ccccc12)C1CCNCC1. The number of aromatic nitrogens is 1. The first-order valence-corrected chi connectivity index (χ1v) is 12.1. The largest absolute Gasteiger partial charge is 0.462 e. The Bertz CT molecular complexity index is 906. The van der Waals surface area contributed by atoms with Crippen LogP contribution in [0.25, 0.3) is 10.9 Å². The van der Waals surface area contributed by atoms with Gasteiger partial charge < -0.3 is 19.8 Å². The van der Waals surface area contributed by atoms with Crippen molar-refractivity contribution < 1.29 is 19.1 Å². The molecule has 0 radical (unpaired) electrons. The number of hydrogen-bond acceptors (Lipinski definition) is 5. The topological polar surface area (TPSA) is 80.4 Å². The summed E-state index contributed by atoms with van der Waals surface area (Å²) in [5.74, 6) is -0.437. The molecule has 2 N–H and O–H groups in total. The van der Waals surface area contributed by atoms with Gasteiger partial charge in [0.15, 0.2) is 3.79 Å². The number of piperidine rings is 1. The van der Waals surface area contributed by atoms with Crippen LogP contribution >= 0.6 is 34.8 Å². The fourth-order valence-corrected chi connectivity index (χ4v) is 4.80. The maximum atomic E-state index is 13.0. The molecule has 2 unspecified atom stereocenters. The molecule has 0 bridgehead atoms. The molecule has 1 aliphatic rings. The normalized spacial score (nSPS) is 17.1. The Morgan fingerprint density at radius 3 is 2.59 bits per heavy atom. The van der Waals surface area contributed by atoms with Crippen molar-refractivity contribution in [3.63, 3.8) is 0 Å². The number of alkyl halides is 3. The smallest absolute Gasteiger partial charge is 0.340 e. The lowest BCUT2D eigenvalue weighted by Gasteiger charge is -2.30. The number of aromatic amines is 1. The zero-order valence-electron chi connectivity index (χ0n) is 18.0. The monoisotopic (exact) mass is 502 g/mol. The highest BCUT2D eigenvalue weighted by Gasteiger charge is 2.29. The van der Waals surface area contributed by atoms with E-state index in [1.54, 1.807) is 13.1 Å². The summed E-state index contributed by atoms with van der Waals surface area (Å²) in [5.41, 5.74) is 1.42.